The fraction of sp³-hybridized carbons (Fsp3) is 0.714. The Hall–Kier alpha value is -2.96. The van der Waals surface area contributed by atoms with Gasteiger partial charge in [0.1, 0.15) is 17.8 Å². The Morgan fingerprint density at radius 1 is 0.962 bits per heavy atom. The molecule has 3 N–H and O–H groups in total. The highest BCUT2D eigenvalue weighted by molar-refractivity contribution is 5.70. The third-order valence-electron chi connectivity index (χ3n) is 11.2. The lowest BCUT2D eigenvalue weighted by atomic mass is 9.88. The number of amides is 1. The third-order valence-corrected chi connectivity index (χ3v) is 11.2. The molecule has 10 unspecified atom stereocenters. The predicted molar refractivity (Wildman–Crippen MR) is 205 cm³/mol. The Kier molecular flexibility index (Phi) is 15.4. The van der Waals surface area contributed by atoms with Gasteiger partial charge < -0.3 is 39.2 Å². The van der Waals surface area contributed by atoms with Crippen LogP contribution < -0.4 is 0 Å². The highest BCUT2D eigenvalue weighted by atomic mass is 16.6. The number of epoxide rings is 1. The van der Waals surface area contributed by atoms with E-state index >= 15 is 0 Å². The van der Waals surface area contributed by atoms with E-state index in [1.165, 1.54) is 5.57 Å². The van der Waals surface area contributed by atoms with E-state index in [-0.39, 0.29) is 49.4 Å². The van der Waals surface area contributed by atoms with E-state index < -0.39 is 41.6 Å². The molecule has 1 amide bonds. The molecule has 298 valence electrons. The van der Waals surface area contributed by atoms with Crippen LogP contribution in [0.15, 0.2) is 59.4 Å². The second-order valence-corrected chi connectivity index (χ2v) is 16.3. The number of aliphatic hydroxyl groups is 3. The number of nitrogens with zero attached hydrogens (tertiary/aromatic N) is 2. The monoisotopic (exact) mass is 742 g/mol. The van der Waals surface area contributed by atoms with Crippen LogP contribution in [0.25, 0.3) is 0 Å². The molecule has 5 heterocycles. The first kappa shape index (κ1) is 42.8. The number of hydrogen-bond acceptors (Lipinski definition) is 10. The molecule has 0 aromatic rings. The highest BCUT2D eigenvalue weighted by Crippen LogP contribution is 2.39. The van der Waals surface area contributed by atoms with Crippen molar-refractivity contribution in [2.24, 2.45) is 11.8 Å². The van der Waals surface area contributed by atoms with Crippen molar-refractivity contribution in [3.8, 4) is 0 Å². The van der Waals surface area contributed by atoms with Gasteiger partial charge in [-0.15, -0.1) is 0 Å². The van der Waals surface area contributed by atoms with Crippen molar-refractivity contribution in [1.82, 2.24) is 9.80 Å². The van der Waals surface area contributed by atoms with Crippen LogP contribution in [0.3, 0.4) is 0 Å². The smallest absolute Gasteiger partial charge is 0.410 e. The number of ether oxygens (including phenoxy) is 4. The molecule has 5 aliphatic heterocycles. The minimum Gasteiger partial charge on any atom is -0.495 e. The zero-order valence-electron chi connectivity index (χ0n) is 33.3. The lowest BCUT2D eigenvalue weighted by molar-refractivity contribution is -0.151. The molecule has 0 spiro atoms. The number of esters is 1. The number of carbonyl (C=O) groups is 2. The van der Waals surface area contributed by atoms with Gasteiger partial charge in [-0.2, -0.15) is 0 Å². The van der Waals surface area contributed by atoms with E-state index in [2.05, 4.69) is 37.8 Å². The molecular formula is C42H66N2O9. The van der Waals surface area contributed by atoms with E-state index in [1.807, 2.05) is 26.8 Å². The van der Waals surface area contributed by atoms with Crippen LogP contribution in [-0.2, 0) is 23.7 Å². The Balaban J connectivity index is 1.60. The summed E-state index contributed by atoms with van der Waals surface area (Å²) < 4.78 is 24.4. The lowest BCUT2D eigenvalue weighted by Crippen LogP contribution is -2.51. The maximum absolute atomic E-state index is 13.5. The average molecular weight is 743 g/mol. The summed E-state index contributed by atoms with van der Waals surface area (Å²) >= 11 is 0. The third kappa shape index (κ3) is 13.1. The molecule has 5 aliphatic rings. The van der Waals surface area contributed by atoms with E-state index in [0.29, 0.717) is 32.6 Å². The standard InChI is InChI=1S/C42H66N2O9/c1-9-34-32(6)39-35(51-39)27-41(7,48)19-11-13-29(3)38-30(4)15-16-36(42(8,49)20-17-33(45)26-37(46)53-38)52-40(47)44-24-22-43(23-25-44)21-18-28(2)12-10-14-31(5)50-34/h11,13-16,18-19,30,32-36,38-39,45,48-49H,9-10,12,17,20-27H2,1-8H3/b16-15+,19-11+,28-18+,29-13+,31-14-. The Bertz CT molecular complexity index is 1390. The SMILES string of the molecule is CCC1O/C(C)=C\CC/C(C)=C/CN2CCN(CC2)C(=O)OC2/C=C/C(C)C(OC(=O)CC(O)CCC2(C)O)/C(C)=C/C=C/C(C)(O)CC2OC2C1C. The van der Waals surface area contributed by atoms with E-state index in [9.17, 15) is 24.9 Å². The predicted octanol–water partition coefficient (Wildman–Crippen LogP) is 6.00. The Morgan fingerprint density at radius 2 is 1.68 bits per heavy atom. The summed E-state index contributed by atoms with van der Waals surface area (Å²) in [5.74, 6) is 0.143. The van der Waals surface area contributed by atoms with Crippen molar-refractivity contribution in [2.75, 3.05) is 32.7 Å². The van der Waals surface area contributed by atoms with Crippen LogP contribution in [0.2, 0.25) is 0 Å². The summed E-state index contributed by atoms with van der Waals surface area (Å²) in [7, 11) is 0. The van der Waals surface area contributed by atoms with E-state index in [0.717, 1.165) is 37.1 Å². The molecule has 10 atom stereocenters. The number of aliphatic hydroxyl groups excluding tert-OH is 1. The second kappa shape index (κ2) is 19.1. The maximum Gasteiger partial charge on any atom is 0.410 e. The zero-order valence-corrected chi connectivity index (χ0v) is 33.3. The second-order valence-electron chi connectivity index (χ2n) is 16.3. The Morgan fingerprint density at radius 3 is 2.38 bits per heavy atom. The van der Waals surface area contributed by atoms with E-state index in [4.69, 9.17) is 18.9 Å². The summed E-state index contributed by atoms with van der Waals surface area (Å²) in [6, 6.07) is 0. The lowest BCUT2D eigenvalue weighted by Gasteiger charge is -2.37. The molecule has 2 fully saturated rings. The molecule has 0 aromatic heterocycles. The molecule has 0 aromatic carbocycles. The molecule has 4 bridgehead atoms. The van der Waals surface area contributed by atoms with Crippen molar-refractivity contribution in [3.05, 3.63) is 59.4 Å². The van der Waals surface area contributed by atoms with Gasteiger partial charge in [0.15, 0.2) is 6.10 Å². The molecule has 11 heteroatoms. The van der Waals surface area contributed by atoms with Gasteiger partial charge in [0.05, 0.1) is 36.1 Å². The molecule has 0 aliphatic carbocycles. The van der Waals surface area contributed by atoms with E-state index in [1.54, 1.807) is 43.1 Å². The fourth-order valence-corrected chi connectivity index (χ4v) is 7.46. The number of allylic oxidation sites excluding steroid dienone is 5. The van der Waals surface area contributed by atoms with Crippen LogP contribution in [0, 0.1) is 11.8 Å². The van der Waals surface area contributed by atoms with Gasteiger partial charge in [-0.25, -0.2) is 4.79 Å². The van der Waals surface area contributed by atoms with Crippen molar-refractivity contribution in [3.63, 3.8) is 0 Å². The van der Waals surface area contributed by atoms with Gasteiger partial charge in [0.25, 0.3) is 0 Å². The molecule has 0 saturated carbocycles. The molecule has 0 radical (unpaired) electrons. The number of fused-ring (bicyclic) bond motifs is 13. The van der Waals surface area contributed by atoms with Crippen LogP contribution in [0.4, 0.5) is 4.79 Å². The number of piperazine rings is 1. The minimum absolute atomic E-state index is 0.00293. The normalized spacial score (nSPS) is 43.2. The van der Waals surface area contributed by atoms with Crippen molar-refractivity contribution < 1.29 is 43.9 Å². The first-order chi connectivity index (χ1) is 25.0. The Labute approximate surface area is 317 Å². The van der Waals surface area contributed by atoms with Crippen LogP contribution in [0.1, 0.15) is 100 Å². The minimum atomic E-state index is -1.49. The van der Waals surface area contributed by atoms with Gasteiger partial charge >= 0.3 is 12.1 Å². The van der Waals surface area contributed by atoms with Gasteiger partial charge in [0, 0.05) is 51.0 Å². The quantitative estimate of drug-likeness (QED) is 0.167. The zero-order chi connectivity index (χ0) is 38.9. The first-order valence-corrected chi connectivity index (χ1v) is 19.7. The largest absolute Gasteiger partial charge is 0.495 e. The summed E-state index contributed by atoms with van der Waals surface area (Å²) in [5.41, 5.74) is -0.612. The van der Waals surface area contributed by atoms with Crippen LogP contribution >= 0.6 is 0 Å². The topological polar surface area (TPSA) is 142 Å². The van der Waals surface area contributed by atoms with Gasteiger partial charge in [-0.1, -0.05) is 56.7 Å². The molecule has 2 saturated heterocycles. The number of hydrogen-bond donors (Lipinski definition) is 3. The van der Waals surface area contributed by atoms with Crippen LogP contribution in [-0.4, -0.2) is 118 Å². The summed E-state index contributed by atoms with van der Waals surface area (Å²) in [5, 5.41) is 33.5. The molecule has 5 rings (SSSR count). The summed E-state index contributed by atoms with van der Waals surface area (Å²) in [4.78, 5) is 30.4. The highest BCUT2D eigenvalue weighted by Gasteiger charge is 2.48. The average Bonchev–Trinajstić information content (AvgIpc) is 3.86. The van der Waals surface area contributed by atoms with Gasteiger partial charge in [-0.3, -0.25) is 9.69 Å². The van der Waals surface area contributed by atoms with Crippen molar-refractivity contribution in [1.29, 1.82) is 0 Å². The summed E-state index contributed by atoms with van der Waals surface area (Å²) in [6.45, 7) is 18.7. The van der Waals surface area contributed by atoms with Gasteiger partial charge in [-0.05, 0) is 84.4 Å². The number of rotatable bonds is 1. The fourth-order valence-electron chi connectivity index (χ4n) is 7.46. The maximum atomic E-state index is 13.5. The van der Waals surface area contributed by atoms with Crippen molar-refractivity contribution >= 4 is 12.1 Å². The molecular weight excluding hydrogens is 676 g/mol. The first-order valence-electron chi connectivity index (χ1n) is 19.7. The molecule has 11 nitrogen and oxygen atoms in total. The van der Waals surface area contributed by atoms with Crippen LogP contribution in [0.5, 0.6) is 0 Å². The number of carbonyl (C=O) groups excluding carboxylic acids is 2. The summed E-state index contributed by atoms with van der Waals surface area (Å²) in [6.07, 6.45) is 12.9. The van der Waals surface area contributed by atoms with Gasteiger partial charge in [0.2, 0.25) is 0 Å². The molecule has 53 heavy (non-hydrogen) atoms. The van der Waals surface area contributed by atoms with Crippen molar-refractivity contribution in [2.45, 2.75) is 148 Å².